The maximum atomic E-state index is 12.1. The third-order valence-corrected chi connectivity index (χ3v) is 3.44. The molecule has 132 valence electrons. The van der Waals surface area contributed by atoms with Crippen LogP contribution in [0.2, 0.25) is 0 Å². The van der Waals surface area contributed by atoms with E-state index < -0.39 is 0 Å². The molecule has 2 aromatic carbocycles. The molecule has 0 aliphatic heterocycles. The summed E-state index contributed by atoms with van der Waals surface area (Å²) in [6.07, 6.45) is 3.01. The monoisotopic (exact) mass is 350 g/mol. The van der Waals surface area contributed by atoms with Crippen molar-refractivity contribution < 1.29 is 19.1 Å². The average Bonchev–Trinajstić information content (AvgIpc) is 2.65. The van der Waals surface area contributed by atoms with Gasteiger partial charge in [0.05, 0.1) is 7.11 Å². The summed E-state index contributed by atoms with van der Waals surface area (Å²) in [5.74, 6) is 0.533. The molecule has 0 aliphatic rings. The zero-order chi connectivity index (χ0) is 18.9. The lowest BCUT2D eigenvalue weighted by molar-refractivity contribution is -0.111. The molecule has 0 aliphatic carbocycles. The lowest BCUT2D eigenvalue weighted by Crippen LogP contribution is -2.08. The van der Waals surface area contributed by atoms with Gasteiger partial charge in [-0.05, 0) is 42.8 Å². The van der Waals surface area contributed by atoms with E-state index in [0.717, 1.165) is 5.56 Å². The van der Waals surface area contributed by atoms with E-state index in [2.05, 4.69) is 5.32 Å². The number of carbonyl (C=O) groups is 2. The summed E-state index contributed by atoms with van der Waals surface area (Å²) in [5, 5.41) is 11.3. The first-order chi connectivity index (χ1) is 12.5. The van der Waals surface area contributed by atoms with Crippen molar-refractivity contribution in [3.63, 3.8) is 0 Å². The molecule has 1 amide bonds. The third kappa shape index (κ3) is 5.21. The Kier molecular flexibility index (Phi) is 6.52. The van der Waals surface area contributed by atoms with Crippen LogP contribution in [0.25, 0.3) is 6.08 Å². The number of ketones is 1. The van der Waals surface area contributed by atoms with Gasteiger partial charge in [0.1, 0.15) is 6.07 Å². The van der Waals surface area contributed by atoms with Gasteiger partial charge in [0.15, 0.2) is 23.9 Å². The molecule has 26 heavy (non-hydrogen) atoms. The molecule has 0 fully saturated rings. The summed E-state index contributed by atoms with van der Waals surface area (Å²) in [6.45, 7) is 1.39. The lowest BCUT2D eigenvalue weighted by atomic mass is 10.1. The van der Waals surface area contributed by atoms with Crippen molar-refractivity contribution in [2.45, 2.75) is 6.92 Å². The van der Waals surface area contributed by atoms with Gasteiger partial charge in [0.2, 0.25) is 5.91 Å². The molecule has 0 aromatic heterocycles. The number of amides is 1. The van der Waals surface area contributed by atoms with Crippen molar-refractivity contribution in [2.24, 2.45) is 0 Å². The van der Waals surface area contributed by atoms with Crippen molar-refractivity contribution >= 4 is 23.5 Å². The van der Waals surface area contributed by atoms with E-state index in [4.69, 9.17) is 14.7 Å². The Morgan fingerprint density at radius 2 is 2.00 bits per heavy atom. The molecule has 0 unspecified atom stereocenters. The molecule has 0 radical (unpaired) electrons. The Hall–Kier alpha value is -3.59. The van der Waals surface area contributed by atoms with Gasteiger partial charge in [-0.3, -0.25) is 9.59 Å². The van der Waals surface area contributed by atoms with Crippen molar-refractivity contribution in [1.29, 1.82) is 5.26 Å². The van der Waals surface area contributed by atoms with Crippen LogP contribution >= 0.6 is 0 Å². The number of hydrogen-bond acceptors (Lipinski definition) is 5. The molecule has 2 rings (SSSR count). The lowest BCUT2D eigenvalue weighted by Gasteiger charge is -2.08. The highest BCUT2D eigenvalue weighted by atomic mass is 16.5. The first-order valence-corrected chi connectivity index (χ1v) is 7.81. The fourth-order valence-corrected chi connectivity index (χ4v) is 2.19. The molecule has 0 saturated carbocycles. The van der Waals surface area contributed by atoms with E-state index in [9.17, 15) is 9.59 Å². The highest BCUT2D eigenvalue weighted by Crippen LogP contribution is 2.28. The van der Waals surface area contributed by atoms with Crippen LogP contribution in [0.15, 0.2) is 48.5 Å². The Bertz CT molecular complexity index is 882. The van der Waals surface area contributed by atoms with Crippen LogP contribution in [-0.2, 0) is 4.79 Å². The van der Waals surface area contributed by atoms with Gasteiger partial charge < -0.3 is 14.8 Å². The van der Waals surface area contributed by atoms with E-state index in [1.807, 2.05) is 6.07 Å². The van der Waals surface area contributed by atoms with Gasteiger partial charge >= 0.3 is 0 Å². The normalized spacial score (nSPS) is 10.2. The second-order valence-electron chi connectivity index (χ2n) is 5.32. The van der Waals surface area contributed by atoms with E-state index in [-0.39, 0.29) is 18.3 Å². The topological polar surface area (TPSA) is 88.4 Å². The summed E-state index contributed by atoms with van der Waals surface area (Å²) >= 11 is 0. The van der Waals surface area contributed by atoms with Crippen molar-refractivity contribution in [1.82, 2.24) is 0 Å². The summed E-state index contributed by atoms with van der Waals surface area (Å²) < 4.78 is 10.5. The second kappa shape index (κ2) is 9.04. The van der Waals surface area contributed by atoms with Crippen LogP contribution < -0.4 is 14.8 Å². The Morgan fingerprint density at radius 1 is 1.19 bits per heavy atom. The number of anilines is 1. The van der Waals surface area contributed by atoms with Crippen molar-refractivity contribution in [3.05, 3.63) is 59.7 Å². The first-order valence-electron chi connectivity index (χ1n) is 7.81. The number of nitriles is 1. The van der Waals surface area contributed by atoms with Crippen molar-refractivity contribution in [2.75, 3.05) is 19.0 Å². The summed E-state index contributed by atoms with van der Waals surface area (Å²) in [6, 6.07) is 13.7. The van der Waals surface area contributed by atoms with Crippen LogP contribution in [0.4, 0.5) is 5.69 Å². The van der Waals surface area contributed by atoms with Crippen LogP contribution in [0.1, 0.15) is 22.8 Å². The van der Waals surface area contributed by atoms with Crippen molar-refractivity contribution in [3.8, 4) is 17.6 Å². The standard InChI is InChI=1S/C20H18N2O4/c1-14(23)16-4-3-5-17(13-16)22-20(24)9-7-15-6-8-18(26-11-10-21)19(12-15)25-2/h3-9,12-13H,11H2,1-2H3,(H,22,24)/b9-7+. The van der Waals surface area contributed by atoms with Gasteiger partial charge in [0.25, 0.3) is 0 Å². The van der Waals surface area contributed by atoms with Gasteiger partial charge in [-0.25, -0.2) is 0 Å². The van der Waals surface area contributed by atoms with E-state index >= 15 is 0 Å². The molecule has 0 heterocycles. The van der Waals surface area contributed by atoms with Crippen LogP contribution in [0.5, 0.6) is 11.5 Å². The molecular weight excluding hydrogens is 332 g/mol. The van der Waals surface area contributed by atoms with Crippen LogP contribution in [0.3, 0.4) is 0 Å². The van der Waals surface area contributed by atoms with Gasteiger partial charge in [-0.2, -0.15) is 5.26 Å². The Morgan fingerprint density at radius 3 is 2.69 bits per heavy atom. The maximum Gasteiger partial charge on any atom is 0.248 e. The van der Waals surface area contributed by atoms with Gasteiger partial charge in [-0.15, -0.1) is 0 Å². The van der Waals surface area contributed by atoms with E-state index in [0.29, 0.717) is 22.7 Å². The zero-order valence-electron chi connectivity index (χ0n) is 14.5. The number of Topliss-reactive ketones (excluding diaryl/α,β-unsaturated/α-hetero) is 1. The largest absolute Gasteiger partial charge is 0.493 e. The quantitative estimate of drug-likeness (QED) is 0.610. The van der Waals surface area contributed by atoms with E-state index in [1.165, 1.54) is 20.1 Å². The molecular formula is C20H18N2O4. The molecule has 0 atom stereocenters. The summed E-state index contributed by atoms with van der Waals surface area (Å²) in [4.78, 5) is 23.4. The minimum Gasteiger partial charge on any atom is -0.493 e. The van der Waals surface area contributed by atoms with Crippen LogP contribution in [-0.4, -0.2) is 25.4 Å². The summed E-state index contributed by atoms with van der Waals surface area (Å²) in [7, 11) is 1.50. The third-order valence-electron chi connectivity index (χ3n) is 3.44. The molecule has 0 bridgehead atoms. The average molecular weight is 350 g/mol. The number of nitrogens with zero attached hydrogens (tertiary/aromatic N) is 1. The number of carbonyl (C=O) groups excluding carboxylic acids is 2. The predicted octanol–water partition coefficient (Wildman–Crippen LogP) is 3.45. The molecule has 0 saturated heterocycles. The molecule has 6 heteroatoms. The highest BCUT2D eigenvalue weighted by Gasteiger charge is 2.05. The minimum atomic E-state index is -0.325. The number of rotatable bonds is 7. The Labute approximate surface area is 151 Å². The highest BCUT2D eigenvalue weighted by molar-refractivity contribution is 6.03. The van der Waals surface area contributed by atoms with E-state index in [1.54, 1.807) is 48.5 Å². The number of methoxy groups -OCH3 is 1. The number of benzene rings is 2. The van der Waals surface area contributed by atoms with Gasteiger partial charge in [-0.1, -0.05) is 18.2 Å². The fraction of sp³-hybridized carbons (Fsp3) is 0.150. The second-order valence-corrected chi connectivity index (χ2v) is 5.32. The Balaban J connectivity index is 2.07. The predicted molar refractivity (Wildman–Crippen MR) is 98.2 cm³/mol. The zero-order valence-corrected chi connectivity index (χ0v) is 14.5. The molecule has 1 N–H and O–H groups in total. The minimum absolute atomic E-state index is 0.0672. The number of hydrogen-bond donors (Lipinski definition) is 1. The molecule has 6 nitrogen and oxygen atoms in total. The first kappa shape index (κ1) is 18.7. The molecule has 2 aromatic rings. The van der Waals surface area contributed by atoms with Gasteiger partial charge in [0, 0.05) is 17.3 Å². The summed E-state index contributed by atoms with van der Waals surface area (Å²) in [5.41, 5.74) is 1.81. The number of nitrogens with one attached hydrogen (secondary N) is 1. The number of ether oxygens (including phenoxy) is 2. The molecule has 0 spiro atoms. The van der Waals surface area contributed by atoms with Crippen LogP contribution in [0, 0.1) is 11.3 Å². The maximum absolute atomic E-state index is 12.1. The SMILES string of the molecule is COc1cc(/C=C/C(=O)Nc2cccc(C(C)=O)c2)ccc1OCC#N. The fourth-order valence-electron chi connectivity index (χ4n) is 2.19. The smallest absolute Gasteiger partial charge is 0.248 e.